The Balaban J connectivity index is 1.44. The van der Waals surface area contributed by atoms with E-state index in [1.807, 2.05) is 30.6 Å². The summed E-state index contributed by atoms with van der Waals surface area (Å²) in [6.07, 6.45) is 1.90. The third-order valence-electron chi connectivity index (χ3n) is 4.99. The molecule has 0 saturated carbocycles. The third kappa shape index (κ3) is 2.93. The van der Waals surface area contributed by atoms with Crippen molar-refractivity contribution >= 4 is 21.8 Å². The molecule has 0 aliphatic carbocycles. The average molecular weight is 350 g/mol. The number of nitrogens with zero attached hydrogens (tertiary/aromatic N) is 2. The van der Waals surface area contributed by atoms with Gasteiger partial charge in [-0.05, 0) is 57.8 Å². The first-order chi connectivity index (χ1) is 13.3. The molecule has 0 bridgehead atoms. The Bertz CT molecular complexity index is 1250. The van der Waals surface area contributed by atoms with Gasteiger partial charge >= 0.3 is 0 Å². The van der Waals surface area contributed by atoms with Gasteiger partial charge < -0.3 is 9.67 Å². The van der Waals surface area contributed by atoms with E-state index in [-0.39, 0.29) is 0 Å². The molecule has 0 radical (unpaired) electrons. The van der Waals surface area contributed by atoms with Crippen molar-refractivity contribution in [2.24, 2.45) is 0 Å². The molecule has 5 aromatic rings. The fourth-order valence-corrected chi connectivity index (χ4v) is 3.55. The van der Waals surface area contributed by atoms with Crippen LogP contribution in [0.2, 0.25) is 0 Å². The number of hydrogen-bond acceptors (Lipinski definition) is 2. The van der Waals surface area contributed by atoms with Crippen LogP contribution in [0.15, 0.2) is 91.3 Å². The minimum absolute atomic E-state index is 0.298. The molecule has 0 fully saturated rings. The van der Waals surface area contributed by atoms with Crippen LogP contribution in [-0.2, 0) is 6.54 Å². The van der Waals surface area contributed by atoms with E-state index in [1.54, 1.807) is 12.1 Å². The highest BCUT2D eigenvalue weighted by Crippen LogP contribution is 2.27. The van der Waals surface area contributed by atoms with E-state index in [1.165, 1.54) is 16.7 Å². The lowest BCUT2D eigenvalue weighted by Gasteiger charge is -2.08. The molecule has 0 spiro atoms. The Morgan fingerprint density at radius 1 is 0.741 bits per heavy atom. The molecular weight excluding hydrogens is 332 g/mol. The summed E-state index contributed by atoms with van der Waals surface area (Å²) >= 11 is 0. The molecule has 5 rings (SSSR count). The number of fused-ring (bicyclic) bond motifs is 2. The SMILES string of the molecule is Oc1ccc2cc(-c3ccc(Cn4cnc5ccccc54)cc3)ccc2c1. The number of rotatable bonds is 3. The molecule has 1 N–H and O–H groups in total. The summed E-state index contributed by atoms with van der Waals surface area (Å²) in [4.78, 5) is 4.46. The van der Waals surface area contributed by atoms with Crippen LogP contribution in [0.3, 0.4) is 0 Å². The number of phenolic OH excluding ortho intramolecular Hbond substituents is 1. The van der Waals surface area contributed by atoms with Crippen LogP contribution >= 0.6 is 0 Å². The van der Waals surface area contributed by atoms with Crippen LogP contribution in [0.1, 0.15) is 5.56 Å². The number of phenols is 1. The summed E-state index contributed by atoms with van der Waals surface area (Å²) in [5.41, 5.74) is 5.78. The Morgan fingerprint density at radius 2 is 1.48 bits per heavy atom. The Hall–Kier alpha value is -3.59. The van der Waals surface area contributed by atoms with Crippen molar-refractivity contribution in [3.63, 3.8) is 0 Å². The maximum atomic E-state index is 9.61. The van der Waals surface area contributed by atoms with Gasteiger partial charge in [0.25, 0.3) is 0 Å². The molecule has 0 unspecified atom stereocenters. The maximum absolute atomic E-state index is 9.61. The van der Waals surface area contributed by atoms with E-state index in [0.717, 1.165) is 28.4 Å². The molecule has 130 valence electrons. The molecule has 4 aromatic carbocycles. The van der Waals surface area contributed by atoms with E-state index in [9.17, 15) is 5.11 Å². The second-order valence-electron chi connectivity index (χ2n) is 6.80. The second-order valence-corrected chi connectivity index (χ2v) is 6.80. The number of para-hydroxylation sites is 2. The van der Waals surface area contributed by atoms with E-state index < -0.39 is 0 Å². The first kappa shape index (κ1) is 15.6. The molecule has 0 atom stereocenters. The second kappa shape index (κ2) is 6.29. The molecule has 1 heterocycles. The topological polar surface area (TPSA) is 38.0 Å². The standard InChI is InChI=1S/C24H18N2O/c27-22-12-11-20-13-19(9-10-21(20)14-22)18-7-5-17(6-8-18)15-26-16-25-23-3-1-2-4-24(23)26/h1-14,16,27H,15H2. The molecular formula is C24H18N2O. The average Bonchev–Trinajstić information content (AvgIpc) is 3.11. The van der Waals surface area contributed by atoms with Crippen molar-refractivity contribution in [2.75, 3.05) is 0 Å². The van der Waals surface area contributed by atoms with Gasteiger partial charge in [0.15, 0.2) is 0 Å². The molecule has 0 saturated heterocycles. The lowest BCUT2D eigenvalue weighted by molar-refractivity contribution is 0.476. The van der Waals surface area contributed by atoms with Crippen LogP contribution in [0.5, 0.6) is 5.75 Å². The Morgan fingerprint density at radius 3 is 2.37 bits per heavy atom. The monoisotopic (exact) mass is 350 g/mol. The van der Waals surface area contributed by atoms with E-state index >= 15 is 0 Å². The van der Waals surface area contributed by atoms with Gasteiger partial charge in [-0.15, -0.1) is 0 Å². The van der Waals surface area contributed by atoms with Gasteiger partial charge in [-0.3, -0.25) is 0 Å². The zero-order valence-corrected chi connectivity index (χ0v) is 14.7. The molecule has 27 heavy (non-hydrogen) atoms. The normalized spacial score (nSPS) is 11.3. The highest BCUT2D eigenvalue weighted by molar-refractivity contribution is 5.88. The smallest absolute Gasteiger partial charge is 0.116 e. The van der Waals surface area contributed by atoms with E-state index in [0.29, 0.717) is 5.75 Å². The Labute approximate surface area is 157 Å². The van der Waals surface area contributed by atoms with Gasteiger partial charge in [-0.2, -0.15) is 0 Å². The van der Waals surface area contributed by atoms with Gasteiger partial charge in [0.2, 0.25) is 0 Å². The summed E-state index contributed by atoms with van der Waals surface area (Å²) in [6, 6.07) is 28.6. The first-order valence-electron chi connectivity index (χ1n) is 8.98. The number of aromatic nitrogens is 2. The summed E-state index contributed by atoms with van der Waals surface area (Å²) in [5.74, 6) is 0.298. The highest BCUT2D eigenvalue weighted by atomic mass is 16.3. The molecule has 0 amide bonds. The van der Waals surface area contributed by atoms with Gasteiger partial charge in [-0.25, -0.2) is 4.98 Å². The van der Waals surface area contributed by atoms with Gasteiger partial charge in [0, 0.05) is 6.54 Å². The molecule has 1 aromatic heterocycles. The summed E-state index contributed by atoms with van der Waals surface area (Å²) < 4.78 is 2.17. The van der Waals surface area contributed by atoms with Crippen LogP contribution in [0, 0.1) is 0 Å². The molecule has 3 nitrogen and oxygen atoms in total. The zero-order valence-electron chi connectivity index (χ0n) is 14.7. The molecule has 0 aliphatic heterocycles. The number of aromatic hydroxyl groups is 1. The lowest BCUT2D eigenvalue weighted by Crippen LogP contribution is -1.97. The predicted octanol–water partition coefficient (Wildman–Crippen LogP) is 5.61. The molecule has 3 heteroatoms. The van der Waals surface area contributed by atoms with Gasteiger partial charge in [0.05, 0.1) is 17.4 Å². The van der Waals surface area contributed by atoms with Crippen LogP contribution in [-0.4, -0.2) is 14.7 Å². The largest absolute Gasteiger partial charge is 0.508 e. The first-order valence-corrected chi connectivity index (χ1v) is 8.98. The van der Waals surface area contributed by atoms with Crippen molar-refractivity contribution < 1.29 is 5.11 Å². The van der Waals surface area contributed by atoms with E-state index in [4.69, 9.17) is 0 Å². The minimum atomic E-state index is 0.298. The molecule has 0 aliphatic rings. The fourth-order valence-electron chi connectivity index (χ4n) is 3.55. The van der Waals surface area contributed by atoms with Crippen molar-refractivity contribution in [1.29, 1.82) is 0 Å². The minimum Gasteiger partial charge on any atom is -0.508 e. The van der Waals surface area contributed by atoms with Crippen LogP contribution in [0.25, 0.3) is 32.9 Å². The number of imidazole rings is 1. The Kier molecular flexibility index (Phi) is 3.65. The van der Waals surface area contributed by atoms with Crippen molar-refractivity contribution in [2.45, 2.75) is 6.54 Å². The number of hydrogen-bond donors (Lipinski definition) is 1. The lowest BCUT2D eigenvalue weighted by atomic mass is 10.00. The zero-order chi connectivity index (χ0) is 18.2. The highest BCUT2D eigenvalue weighted by Gasteiger charge is 2.04. The fraction of sp³-hybridized carbons (Fsp3) is 0.0417. The number of benzene rings is 4. The summed E-state index contributed by atoms with van der Waals surface area (Å²) in [7, 11) is 0. The maximum Gasteiger partial charge on any atom is 0.116 e. The van der Waals surface area contributed by atoms with Crippen LogP contribution < -0.4 is 0 Å². The van der Waals surface area contributed by atoms with E-state index in [2.05, 4.69) is 58.1 Å². The summed E-state index contributed by atoms with van der Waals surface area (Å²) in [5, 5.41) is 11.8. The third-order valence-corrected chi connectivity index (χ3v) is 4.99. The van der Waals surface area contributed by atoms with Crippen molar-refractivity contribution in [3.8, 4) is 16.9 Å². The van der Waals surface area contributed by atoms with Gasteiger partial charge in [0.1, 0.15) is 5.75 Å². The quantitative estimate of drug-likeness (QED) is 0.459. The summed E-state index contributed by atoms with van der Waals surface area (Å²) in [6.45, 7) is 0.803. The van der Waals surface area contributed by atoms with Crippen molar-refractivity contribution in [1.82, 2.24) is 9.55 Å². The van der Waals surface area contributed by atoms with Crippen LogP contribution in [0.4, 0.5) is 0 Å². The predicted molar refractivity (Wildman–Crippen MR) is 110 cm³/mol. The van der Waals surface area contributed by atoms with Crippen molar-refractivity contribution in [3.05, 3.63) is 96.8 Å². The van der Waals surface area contributed by atoms with Gasteiger partial charge in [-0.1, -0.05) is 54.6 Å².